The third-order valence-corrected chi connectivity index (χ3v) is 3.38. The van der Waals surface area contributed by atoms with Gasteiger partial charge in [-0.15, -0.1) is 0 Å². The highest BCUT2D eigenvalue weighted by Crippen LogP contribution is 2.27. The van der Waals surface area contributed by atoms with Crippen molar-refractivity contribution in [3.8, 4) is 0 Å². The summed E-state index contributed by atoms with van der Waals surface area (Å²) < 4.78 is 0.925. The number of carbonyl (C=O) groups excluding carboxylic acids is 2. The van der Waals surface area contributed by atoms with Gasteiger partial charge in [0.2, 0.25) is 11.6 Å². The van der Waals surface area contributed by atoms with Gasteiger partial charge in [-0.1, -0.05) is 47.1 Å². The maximum absolute atomic E-state index is 11.9. The van der Waals surface area contributed by atoms with Crippen LogP contribution >= 0.6 is 15.9 Å². The van der Waals surface area contributed by atoms with Gasteiger partial charge in [0.05, 0.1) is 0 Å². The van der Waals surface area contributed by atoms with E-state index in [0.717, 1.165) is 15.2 Å². The van der Waals surface area contributed by atoms with Crippen LogP contribution in [0.15, 0.2) is 40.9 Å². The normalized spacial score (nSPS) is 10.5. The second kappa shape index (κ2) is 4.80. The summed E-state index contributed by atoms with van der Waals surface area (Å²) in [5, 5.41) is 1.76. The molecule has 3 heteroatoms. The Labute approximate surface area is 108 Å². The van der Waals surface area contributed by atoms with Crippen LogP contribution in [0.5, 0.6) is 0 Å². The van der Waals surface area contributed by atoms with Crippen molar-refractivity contribution in [2.24, 2.45) is 0 Å². The molecule has 0 fully saturated rings. The Morgan fingerprint density at radius 1 is 1.06 bits per heavy atom. The van der Waals surface area contributed by atoms with Crippen molar-refractivity contribution in [1.29, 1.82) is 0 Å². The van der Waals surface area contributed by atoms with E-state index in [4.69, 9.17) is 0 Å². The molecule has 0 aromatic heterocycles. The van der Waals surface area contributed by atoms with Crippen molar-refractivity contribution in [2.75, 3.05) is 0 Å². The van der Waals surface area contributed by atoms with E-state index in [1.54, 1.807) is 19.1 Å². The Kier molecular flexibility index (Phi) is 3.38. The number of ketones is 2. The standard InChI is InChI=1S/C14H11BrO2/c1-2-13(16)14(17)11-7-8-12(15)10-6-4-3-5-9(10)11/h3-8H,2H2,1H3. The molecule has 0 aliphatic carbocycles. The minimum atomic E-state index is -0.406. The summed E-state index contributed by atoms with van der Waals surface area (Å²) in [6.07, 6.45) is 0.239. The summed E-state index contributed by atoms with van der Waals surface area (Å²) in [4.78, 5) is 23.4. The minimum Gasteiger partial charge on any atom is -0.290 e. The van der Waals surface area contributed by atoms with E-state index < -0.39 is 5.78 Å². The van der Waals surface area contributed by atoms with Crippen LogP contribution < -0.4 is 0 Å². The van der Waals surface area contributed by atoms with Gasteiger partial charge in [0, 0.05) is 16.5 Å². The molecule has 2 rings (SSSR count). The minimum absolute atomic E-state index is 0.239. The number of halogens is 1. The van der Waals surface area contributed by atoms with Crippen LogP contribution in [-0.4, -0.2) is 11.6 Å². The molecule has 0 heterocycles. The van der Waals surface area contributed by atoms with E-state index in [1.165, 1.54) is 0 Å². The zero-order valence-electron chi connectivity index (χ0n) is 9.37. The Morgan fingerprint density at radius 2 is 1.71 bits per heavy atom. The molecule has 17 heavy (non-hydrogen) atoms. The number of hydrogen-bond acceptors (Lipinski definition) is 2. The number of rotatable bonds is 3. The van der Waals surface area contributed by atoms with Gasteiger partial charge in [-0.25, -0.2) is 0 Å². The lowest BCUT2D eigenvalue weighted by molar-refractivity contribution is -0.114. The lowest BCUT2D eigenvalue weighted by atomic mass is 9.99. The van der Waals surface area contributed by atoms with Crippen LogP contribution in [0.25, 0.3) is 10.8 Å². The van der Waals surface area contributed by atoms with Gasteiger partial charge in [-0.05, 0) is 22.9 Å². The Hall–Kier alpha value is -1.48. The predicted molar refractivity (Wildman–Crippen MR) is 71.3 cm³/mol. The quantitative estimate of drug-likeness (QED) is 0.637. The molecule has 2 nitrogen and oxygen atoms in total. The molecule has 0 bridgehead atoms. The average molecular weight is 291 g/mol. The number of Topliss-reactive ketones (excluding diaryl/α,β-unsaturated/α-hetero) is 2. The molecule has 0 saturated heterocycles. The highest BCUT2D eigenvalue weighted by Gasteiger charge is 2.17. The molecule has 0 spiro atoms. The van der Waals surface area contributed by atoms with Gasteiger partial charge in [-0.3, -0.25) is 9.59 Å². The largest absolute Gasteiger partial charge is 0.290 e. The molecule has 0 N–H and O–H groups in total. The van der Waals surface area contributed by atoms with Gasteiger partial charge in [-0.2, -0.15) is 0 Å². The fourth-order valence-electron chi connectivity index (χ4n) is 1.77. The zero-order chi connectivity index (χ0) is 12.4. The van der Waals surface area contributed by atoms with E-state index in [0.29, 0.717) is 5.56 Å². The molecule has 0 amide bonds. The monoisotopic (exact) mass is 290 g/mol. The third-order valence-electron chi connectivity index (χ3n) is 2.69. The molecule has 0 atom stereocenters. The number of benzene rings is 2. The topological polar surface area (TPSA) is 34.1 Å². The van der Waals surface area contributed by atoms with Gasteiger partial charge in [0.1, 0.15) is 0 Å². The Morgan fingerprint density at radius 3 is 2.35 bits per heavy atom. The summed E-state index contributed by atoms with van der Waals surface area (Å²) in [7, 11) is 0. The summed E-state index contributed by atoms with van der Waals surface area (Å²) in [5.41, 5.74) is 0.482. The molecular weight excluding hydrogens is 280 g/mol. The van der Waals surface area contributed by atoms with E-state index >= 15 is 0 Å². The second-order valence-electron chi connectivity index (χ2n) is 3.75. The molecular formula is C14H11BrO2. The van der Waals surface area contributed by atoms with Crippen molar-refractivity contribution in [1.82, 2.24) is 0 Å². The molecule has 0 aliphatic rings. The Balaban J connectivity index is 2.67. The first-order chi connectivity index (χ1) is 8.15. The van der Waals surface area contributed by atoms with Crippen LogP contribution in [0, 0.1) is 0 Å². The van der Waals surface area contributed by atoms with Crippen molar-refractivity contribution >= 4 is 38.3 Å². The van der Waals surface area contributed by atoms with E-state index in [2.05, 4.69) is 15.9 Å². The molecule has 86 valence electrons. The highest BCUT2D eigenvalue weighted by molar-refractivity contribution is 9.10. The maximum atomic E-state index is 11.9. The van der Waals surface area contributed by atoms with Gasteiger partial charge >= 0.3 is 0 Å². The highest BCUT2D eigenvalue weighted by atomic mass is 79.9. The van der Waals surface area contributed by atoms with Gasteiger partial charge < -0.3 is 0 Å². The van der Waals surface area contributed by atoms with Crippen molar-refractivity contribution in [3.63, 3.8) is 0 Å². The number of fused-ring (bicyclic) bond motifs is 1. The van der Waals surface area contributed by atoms with Crippen molar-refractivity contribution in [2.45, 2.75) is 13.3 Å². The summed E-state index contributed by atoms with van der Waals surface area (Å²) in [6.45, 7) is 1.70. The van der Waals surface area contributed by atoms with E-state index in [9.17, 15) is 9.59 Å². The van der Waals surface area contributed by atoms with E-state index in [-0.39, 0.29) is 12.2 Å². The average Bonchev–Trinajstić information content (AvgIpc) is 2.38. The molecule has 0 aliphatic heterocycles. The van der Waals surface area contributed by atoms with Crippen LogP contribution in [0.2, 0.25) is 0 Å². The predicted octanol–water partition coefficient (Wildman–Crippen LogP) is 3.76. The van der Waals surface area contributed by atoms with Crippen LogP contribution in [0.4, 0.5) is 0 Å². The second-order valence-corrected chi connectivity index (χ2v) is 4.60. The molecule has 2 aromatic carbocycles. The lowest BCUT2D eigenvalue weighted by Gasteiger charge is -2.06. The molecule has 2 aromatic rings. The molecule has 0 saturated carbocycles. The lowest BCUT2D eigenvalue weighted by Crippen LogP contribution is -2.13. The van der Waals surface area contributed by atoms with E-state index in [1.807, 2.05) is 24.3 Å². The maximum Gasteiger partial charge on any atom is 0.229 e. The number of carbonyl (C=O) groups is 2. The van der Waals surface area contributed by atoms with Crippen LogP contribution in [0.3, 0.4) is 0 Å². The molecule has 0 radical (unpaired) electrons. The fourth-order valence-corrected chi connectivity index (χ4v) is 2.25. The van der Waals surface area contributed by atoms with Gasteiger partial charge in [0.15, 0.2) is 0 Å². The summed E-state index contributed by atoms with van der Waals surface area (Å²) >= 11 is 3.44. The SMILES string of the molecule is CCC(=O)C(=O)c1ccc(Br)c2ccccc12. The smallest absolute Gasteiger partial charge is 0.229 e. The molecule has 0 unspecified atom stereocenters. The summed E-state index contributed by atoms with van der Waals surface area (Å²) in [6, 6.07) is 11.1. The first-order valence-corrected chi connectivity index (χ1v) is 6.19. The Bertz CT molecular complexity index is 602. The first kappa shape index (κ1) is 12.0. The first-order valence-electron chi connectivity index (χ1n) is 5.40. The van der Waals surface area contributed by atoms with Crippen molar-refractivity contribution in [3.05, 3.63) is 46.4 Å². The van der Waals surface area contributed by atoms with Crippen LogP contribution in [0.1, 0.15) is 23.7 Å². The zero-order valence-corrected chi connectivity index (χ0v) is 11.0. The van der Waals surface area contributed by atoms with Crippen molar-refractivity contribution < 1.29 is 9.59 Å². The number of hydrogen-bond donors (Lipinski definition) is 0. The third kappa shape index (κ3) is 2.15. The summed E-state index contributed by atoms with van der Waals surface area (Å²) in [5.74, 6) is -0.756. The fraction of sp³-hybridized carbons (Fsp3) is 0.143. The van der Waals surface area contributed by atoms with Crippen LogP contribution in [-0.2, 0) is 4.79 Å². The van der Waals surface area contributed by atoms with Gasteiger partial charge in [0.25, 0.3) is 0 Å².